The van der Waals surface area contributed by atoms with Crippen molar-refractivity contribution >= 4 is 31.2 Å². The second-order valence-corrected chi connectivity index (χ2v) is 4.94. The Morgan fingerprint density at radius 1 is 1.58 bits per heavy atom. The quantitative estimate of drug-likeness (QED) is 0.742. The summed E-state index contributed by atoms with van der Waals surface area (Å²) in [4.78, 5) is 0. The van der Waals surface area contributed by atoms with E-state index < -0.39 is 0 Å². The van der Waals surface area contributed by atoms with Gasteiger partial charge in [-0.05, 0) is 17.6 Å². The van der Waals surface area contributed by atoms with Crippen LogP contribution in [0.25, 0.3) is 0 Å². The van der Waals surface area contributed by atoms with E-state index in [0.717, 1.165) is 19.0 Å². The van der Waals surface area contributed by atoms with Gasteiger partial charge in [-0.2, -0.15) is 4.37 Å². The van der Waals surface area contributed by atoms with Crippen molar-refractivity contribution in [1.82, 2.24) is 4.37 Å². The molecule has 1 rings (SSSR count). The Labute approximate surface area is 79.0 Å². The number of rotatable bonds is 2. The molecule has 0 aliphatic carbocycles. The number of hydrogen-bond acceptors (Lipinski definition) is 3. The smallest absolute Gasteiger partial charge is 0.117 e. The third-order valence-corrected chi connectivity index (χ3v) is 2.72. The Morgan fingerprint density at radius 3 is 2.67 bits per heavy atom. The van der Waals surface area contributed by atoms with Crippen molar-refractivity contribution in [3.63, 3.8) is 0 Å². The summed E-state index contributed by atoms with van der Waals surface area (Å²) in [5.74, 6) is 0. The number of nitrogens with zero attached hydrogens (tertiary/aromatic N) is 1. The van der Waals surface area contributed by atoms with Crippen molar-refractivity contribution in [3.05, 3.63) is 11.8 Å². The van der Waals surface area contributed by atoms with Crippen molar-refractivity contribution in [2.75, 3.05) is 5.09 Å². The molecule has 0 aliphatic heterocycles. The fourth-order valence-corrected chi connectivity index (χ4v) is 2.02. The van der Waals surface area contributed by atoms with Crippen molar-refractivity contribution in [2.24, 2.45) is 0 Å². The van der Waals surface area contributed by atoms with Crippen LogP contribution in [-0.2, 0) is 5.41 Å². The molecule has 66 valence electrons. The van der Waals surface area contributed by atoms with Gasteiger partial charge in [-0.1, -0.05) is 27.1 Å². The molecule has 1 aromatic heterocycles. The fourth-order valence-electron chi connectivity index (χ4n) is 0.759. The standard InChI is InChI=1S/C8H13N2PS/c1-8(2,3)6-5-7(9-11-4)12-10-6/h5,9H,4H2,1-3H3. The lowest BCUT2D eigenvalue weighted by molar-refractivity contribution is 0.576. The van der Waals surface area contributed by atoms with Crippen molar-refractivity contribution in [3.8, 4) is 0 Å². The molecule has 1 aromatic rings. The van der Waals surface area contributed by atoms with Crippen LogP contribution in [0.4, 0.5) is 5.00 Å². The summed E-state index contributed by atoms with van der Waals surface area (Å²) in [6.07, 6.45) is 3.69. The molecule has 1 N–H and O–H groups in total. The summed E-state index contributed by atoms with van der Waals surface area (Å²) in [5.41, 5.74) is 1.28. The highest BCUT2D eigenvalue weighted by Crippen LogP contribution is 2.27. The van der Waals surface area contributed by atoms with Crippen molar-refractivity contribution in [2.45, 2.75) is 26.2 Å². The van der Waals surface area contributed by atoms with Crippen molar-refractivity contribution < 1.29 is 0 Å². The van der Waals surface area contributed by atoms with E-state index in [1.807, 2.05) is 0 Å². The number of nitrogens with one attached hydrogen (secondary N) is 1. The Kier molecular flexibility index (Phi) is 2.86. The molecule has 0 saturated carbocycles. The van der Waals surface area contributed by atoms with Gasteiger partial charge in [0.1, 0.15) is 5.00 Å². The highest BCUT2D eigenvalue weighted by molar-refractivity contribution is 7.39. The lowest BCUT2D eigenvalue weighted by Gasteiger charge is -2.13. The van der Waals surface area contributed by atoms with Gasteiger partial charge in [0.05, 0.1) is 5.69 Å². The van der Waals surface area contributed by atoms with E-state index in [2.05, 4.69) is 42.6 Å². The fraction of sp³-hybridized carbons (Fsp3) is 0.500. The first-order chi connectivity index (χ1) is 5.54. The van der Waals surface area contributed by atoms with Gasteiger partial charge in [0.2, 0.25) is 0 Å². The van der Waals surface area contributed by atoms with Gasteiger partial charge in [-0.15, -0.1) is 0 Å². The van der Waals surface area contributed by atoms with Gasteiger partial charge in [-0.3, -0.25) is 0 Å². The summed E-state index contributed by atoms with van der Waals surface area (Å²) in [5, 5.41) is 4.21. The number of aromatic nitrogens is 1. The van der Waals surface area contributed by atoms with Crippen LogP contribution in [0.3, 0.4) is 0 Å². The Morgan fingerprint density at radius 2 is 2.25 bits per heavy atom. The average Bonchev–Trinajstić information content (AvgIpc) is 2.35. The van der Waals surface area contributed by atoms with Crippen LogP contribution in [-0.4, -0.2) is 10.7 Å². The van der Waals surface area contributed by atoms with Gasteiger partial charge >= 0.3 is 0 Å². The highest BCUT2D eigenvalue weighted by atomic mass is 32.1. The van der Waals surface area contributed by atoms with E-state index in [1.54, 1.807) is 0 Å². The maximum absolute atomic E-state index is 4.35. The van der Waals surface area contributed by atoms with Gasteiger partial charge < -0.3 is 5.09 Å². The summed E-state index contributed by atoms with van der Waals surface area (Å²) in [7, 11) is 0.926. The van der Waals surface area contributed by atoms with E-state index in [9.17, 15) is 0 Å². The normalized spacial score (nSPS) is 11.9. The first kappa shape index (κ1) is 9.69. The number of hydrogen-bond donors (Lipinski definition) is 1. The van der Waals surface area contributed by atoms with Gasteiger partial charge in [0.15, 0.2) is 0 Å². The molecule has 0 fully saturated rings. The van der Waals surface area contributed by atoms with Crippen LogP contribution in [0.1, 0.15) is 26.5 Å². The Hall–Kier alpha value is -0.400. The van der Waals surface area contributed by atoms with E-state index in [-0.39, 0.29) is 5.41 Å². The second kappa shape index (κ2) is 3.55. The molecule has 0 spiro atoms. The minimum absolute atomic E-state index is 0.147. The van der Waals surface area contributed by atoms with Crippen LogP contribution in [0.5, 0.6) is 0 Å². The monoisotopic (exact) mass is 200 g/mol. The first-order valence-electron chi connectivity index (χ1n) is 3.73. The predicted octanol–water partition coefficient (Wildman–Crippen LogP) is 3.15. The van der Waals surface area contributed by atoms with Crippen LogP contribution < -0.4 is 5.09 Å². The van der Waals surface area contributed by atoms with Gasteiger partial charge in [0, 0.05) is 13.8 Å². The van der Waals surface area contributed by atoms with Crippen LogP contribution >= 0.6 is 19.9 Å². The summed E-state index contributed by atoms with van der Waals surface area (Å²) in [6.45, 7) is 6.48. The molecule has 0 saturated heterocycles. The second-order valence-electron chi connectivity index (χ2n) is 3.60. The zero-order valence-corrected chi connectivity index (χ0v) is 9.30. The summed E-state index contributed by atoms with van der Waals surface area (Å²) >= 11 is 1.49. The molecule has 0 aromatic carbocycles. The maximum atomic E-state index is 4.35. The topological polar surface area (TPSA) is 24.9 Å². The maximum Gasteiger partial charge on any atom is 0.117 e. The van der Waals surface area contributed by atoms with Crippen LogP contribution in [0.15, 0.2) is 6.07 Å². The Balaban J connectivity index is 2.84. The highest BCUT2D eigenvalue weighted by Gasteiger charge is 2.16. The summed E-state index contributed by atoms with van der Waals surface area (Å²) in [6, 6.07) is 2.09. The average molecular weight is 200 g/mol. The SMILES string of the molecule is C=PNc1cc(C(C)(C)C)ns1. The molecule has 0 radical (unpaired) electrons. The zero-order chi connectivity index (χ0) is 9.19. The lowest BCUT2D eigenvalue weighted by atomic mass is 9.92. The predicted molar refractivity (Wildman–Crippen MR) is 58.5 cm³/mol. The zero-order valence-electron chi connectivity index (χ0n) is 7.59. The molecule has 0 atom stereocenters. The molecule has 0 unspecified atom stereocenters. The lowest BCUT2D eigenvalue weighted by Crippen LogP contribution is -2.10. The molecule has 0 amide bonds. The molecule has 1 heterocycles. The van der Waals surface area contributed by atoms with Crippen molar-refractivity contribution in [1.29, 1.82) is 0 Å². The Bertz CT molecular complexity index is 275. The molecule has 0 bridgehead atoms. The third kappa shape index (κ3) is 2.29. The van der Waals surface area contributed by atoms with Crippen LogP contribution in [0.2, 0.25) is 0 Å². The molecule has 0 aliphatic rings. The molecular weight excluding hydrogens is 187 g/mol. The molecule has 4 heteroatoms. The van der Waals surface area contributed by atoms with E-state index in [1.165, 1.54) is 11.5 Å². The number of anilines is 1. The van der Waals surface area contributed by atoms with E-state index in [4.69, 9.17) is 0 Å². The van der Waals surface area contributed by atoms with Gasteiger partial charge in [0.25, 0.3) is 0 Å². The first-order valence-corrected chi connectivity index (χ1v) is 5.58. The molecule has 12 heavy (non-hydrogen) atoms. The summed E-state index contributed by atoms with van der Waals surface area (Å²) < 4.78 is 4.35. The van der Waals surface area contributed by atoms with Gasteiger partial charge in [-0.25, -0.2) is 0 Å². The minimum atomic E-state index is 0.147. The van der Waals surface area contributed by atoms with E-state index >= 15 is 0 Å². The third-order valence-electron chi connectivity index (χ3n) is 1.47. The molecular formula is C8H13N2PS. The van der Waals surface area contributed by atoms with Crippen LogP contribution in [0, 0.1) is 0 Å². The van der Waals surface area contributed by atoms with E-state index in [0.29, 0.717) is 0 Å². The largest absolute Gasteiger partial charge is 0.329 e. The minimum Gasteiger partial charge on any atom is -0.329 e. The molecule has 2 nitrogen and oxygen atoms in total.